The summed E-state index contributed by atoms with van der Waals surface area (Å²) in [5.41, 5.74) is 2.07. The molecule has 1 fully saturated rings. The van der Waals surface area contributed by atoms with Gasteiger partial charge in [0.1, 0.15) is 11.5 Å². The number of hydrogen-bond acceptors (Lipinski definition) is 5. The van der Waals surface area contributed by atoms with E-state index in [2.05, 4.69) is 0 Å². The molecule has 34 heavy (non-hydrogen) atoms. The average molecular weight is 471 g/mol. The molecule has 1 amide bonds. The summed E-state index contributed by atoms with van der Waals surface area (Å²) >= 11 is 0. The first-order chi connectivity index (χ1) is 16.5. The molecule has 0 bridgehead atoms. The van der Waals surface area contributed by atoms with Crippen molar-refractivity contribution in [3.05, 3.63) is 78.1 Å². The maximum Gasteiger partial charge on any atom is 1.00 e. The van der Waals surface area contributed by atoms with Crippen molar-refractivity contribution >= 4 is 11.9 Å². The van der Waals surface area contributed by atoms with Crippen LogP contribution >= 0.6 is 0 Å². The number of carboxylic acids is 1. The monoisotopic (exact) mass is 470 g/mol. The zero-order chi connectivity index (χ0) is 23.9. The van der Waals surface area contributed by atoms with Crippen LogP contribution in [0.25, 0.3) is 11.3 Å². The van der Waals surface area contributed by atoms with Crippen LogP contribution in [0.3, 0.4) is 0 Å². The van der Waals surface area contributed by atoms with Crippen LogP contribution in [0.2, 0.25) is 0 Å². The molecule has 0 aliphatic heterocycles. The fourth-order valence-electron chi connectivity index (χ4n) is 3.65. The molecule has 6 nitrogen and oxygen atoms in total. The topological polar surface area (TPSA) is 82.8 Å². The van der Waals surface area contributed by atoms with Crippen LogP contribution in [-0.4, -0.2) is 29.4 Å². The summed E-state index contributed by atoms with van der Waals surface area (Å²) in [5, 5.41) is 10.5. The fourth-order valence-corrected chi connectivity index (χ4v) is 3.65. The number of carboxylic acid groups (broad SMARTS) is 1. The van der Waals surface area contributed by atoms with Crippen molar-refractivity contribution in [2.75, 3.05) is 6.61 Å². The summed E-state index contributed by atoms with van der Waals surface area (Å²) in [4.78, 5) is 25.6. The van der Waals surface area contributed by atoms with Gasteiger partial charge in [-0.2, -0.15) is 0 Å². The Kier molecular flexibility index (Phi) is 9.25. The minimum absolute atomic E-state index is 0. The van der Waals surface area contributed by atoms with E-state index in [1.165, 1.54) is 0 Å². The zero-order valence-corrected chi connectivity index (χ0v) is 21.4. The molecule has 1 aliphatic rings. The third-order valence-electron chi connectivity index (χ3n) is 5.59. The smallest absolute Gasteiger partial charge is 0.550 e. The van der Waals surface area contributed by atoms with Crippen LogP contribution in [0.1, 0.15) is 55.8 Å². The molecule has 1 saturated carbocycles. The van der Waals surface area contributed by atoms with Gasteiger partial charge >= 0.3 is 29.6 Å². The van der Waals surface area contributed by atoms with E-state index in [9.17, 15) is 14.7 Å². The number of carbonyl (C=O) groups excluding carboxylic acids is 2. The Morgan fingerprint density at radius 3 is 2.47 bits per heavy atom. The van der Waals surface area contributed by atoms with Crippen molar-refractivity contribution in [3.8, 4) is 17.1 Å². The van der Waals surface area contributed by atoms with Crippen molar-refractivity contribution in [2.45, 2.75) is 51.1 Å². The van der Waals surface area contributed by atoms with Gasteiger partial charge in [-0.15, -0.1) is 0 Å². The van der Waals surface area contributed by atoms with E-state index in [1.54, 1.807) is 23.3 Å². The van der Waals surface area contributed by atoms with E-state index in [1.807, 2.05) is 48.5 Å². The third-order valence-corrected chi connectivity index (χ3v) is 5.59. The molecule has 1 aliphatic carbocycles. The molecular weight excluding hydrogens is 441 g/mol. The number of hydrogen-bond donors (Lipinski definition) is 0. The molecule has 1 heterocycles. The second-order valence-electron chi connectivity index (χ2n) is 8.20. The van der Waals surface area contributed by atoms with Crippen LogP contribution in [0.4, 0.5) is 0 Å². The first-order valence-electron chi connectivity index (χ1n) is 11.9. The second-order valence-corrected chi connectivity index (χ2v) is 8.20. The number of ether oxygens (including phenoxy) is 1. The van der Waals surface area contributed by atoms with Gasteiger partial charge in [0.2, 0.25) is 0 Å². The Labute approximate surface area is 223 Å². The Morgan fingerprint density at radius 2 is 1.79 bits per heavy atom. The number of benzene rings is 2. The molecule has 0 saturated heterocycles. The maximum atomic E-state index is 13.4. The Morgan fingerprint density at radius 1 is 1.03 bits per heavy atom. The Bertz CT molecular complexity index is 1100. The van der Waals surface area contributed by atoms with Gasteiger partial charge in [0.15, 0.2) is 0 Å². The van der Waals surface area contributed by atoms with E-state index in [0.717, 1.165) is 30.6 Å². The van der Waals surface area contributed by atoms with Gasteiger partial charge < -0.3 is 24.0 Å². The first-order valence-corrected chi connectivity index (χ1v) is 11.3. The number of para-hydroxylation sites is 1. The second kappa shape index (κ2) is 12.8. The first kappa shape index (κ1) is 24.6. The molecule has 4 rings (SSSR count). The number of amides is 1. The molecular formula is C27H28NNaO5. The van der Waals surface area contributed by atoms with Crippen molar-refractivity contribution in [1.29, 1.82) is 0 Å². The summed E-state index contributed by atoms with van der Waals surface area (Å²) in [6.45, 7) is -0.471. The summed E-state index contributed by atoms with van der Waals surface area (Å²) in [6, 6.07) is 18.3. The van der Waals surface area contributed by atoms with Crippen LogP contribution in [0.15, 0.2) is 71.3 Å². The van der Waals surface area contributed by atoms with E-state index < -0.39 is 12.5 Å². The van der Waals surface area contributed by atoms with Crippen molar-refractivity contribution in [1.82, 2.24) is 4.90 Å². The van der Waals surface area contributed by atoms with Crippen molar-refractivity contribution in [2.24, 2.45) is 0 Å². The molecule has 0 N–H and O–H groups in total. The number of unbranched alkanes of at least 4 members (excludes halogenated alkanes) is 2. The summed E-state index contributed by atoms with van der Waals surface area (Å²) in [7, 11) is 0. The Hall–Kier alpha value is -2.54. The molecule has 1 aromatic heterocycles. The predicted molar refractivity (Wildman–Crippen MR) is 122 cm³/mol. The van der Waals surface area contributed by atoms with Gasteiger partial charge in [0.25, 0.3) is 5.91 Å². The normalized spacial score (nSPS) is 13.9. The third kappa shape index (κ3) is 7.23. The van der Waals surface area contributed by atoms with Gasteiger partial charge in [-0.1, -0.05) is 30.3 Å². The van der Waals surface area contributed by atoms with E-state index in [0.29, 0.717) is 36.3 Å². The van der Waals surface area contributed by atoms with Gasteiger partial charge in [-0.25, -0.2) is 0 Å². The van der Waals surface area contributed by atoms with Gasteiger partial charge in [-0.05, 0) is 68.9 Å². The molecule has 172 valence electrons. The number of carbonyl (C=O) groups is 2. The maximum absolute atomic E-state index is 13.4. The minimum Gasteiger partial charge on any atom is -0.550 e. The summed E-state index contributed by atoms with van der Waals surface area (Å²) in [6.07, 6.45) is 5.41. The van der Waals surface area contributed by atoms with Gasteiger partial charge in [0.05, 0.1) is 14.2 Å². The average Bonchev–Trinajstić information content (AvgIpc) is 3.52. The fraction of sp³-hybridized carbons (Fsp3) is 0.333. The van der Waals surface area contributed by atoms with Crippen molar-refractivity contribution < 1.29 is 54.8 Å². The SMILES string of the molecule is [2H]C(c1ccccc1OCCCCCC(=O)[O-])N(C(=O)c1ccc(-c2ccco2)cc1)C1CC1.[Na+]. The summed E-state index contributed by atoms with van der Waals surface area (Å²) < 4.78 is 20.3. The largest absolute Gasteiger partial charge is 1.00 e. The van der Waals surface area contributed by atoms with Crippen LogP contribution in [0.5, 0.6) is 5.75 Å². The molecule has 2 aromatic carbocycles. The zero-order valence-electron chi connectivity index (χ0n) is 20.4. The molecule has 7 heteroatoms. The van der Waals surface area contributed by atoms with Crippen LogP contribution < -0.4 is 39.4 Å². The van der Waals surface area contributed by atoms with E-state index in [4.69, 9.17) is 10.5 Å². The van der Waals surface area contributed by atoms with E-state index >= 15 is 0 Å². The van der Waals surface area contributed by atoms with Crippen molar-refractivity contribution in [3.63, 3.8) is 0 Å². The van der Waals surface area contributed by atoms with E-state index in [-0.39, 0.29) is 47.9 Å². The number of furan rings is 1. The quantitative estimate of drug-likeness (QED) is 0.296. The molecule has 1 unspecified atom stereocenters. The van der Waals surface area contributed by atoms with Gasteiger partial charge in [-0.3, -0.25) is 4.79 Å². The van der Waals surface area contributed by atoms with Crippen LogP contribution in [-0.2, 0) is 11.3 Å². The van der Waals surface area contributed by atoms with Gasteiger partial charge in [0, 0.05) is 35.2 Å². The molecule has 1 atom stereocenters. The minimum atomic E-state index is -1.04. The summed E-state index contributed by atoms with van der Waals surface area (Å²) in [5.74, 6) is 0.102. The predicted octanol–water partition coefficient (Wildman–Crippen LogP) is 1.44. The number of aliphatic carboxylic acids is 1. The molecule has 0 radical (unpaired) electrons. The number of nitrogens with zero attached hydrogens (tertiary/aromatic N) is 1. The molecule has 3 aromatic rings. The Balaban J connectivity index is 0.00000342. The van der Waals surface area contributed by atoms with Crippen LogP contribution in [0, 0.1) is 0 Å². The molecule has 0 spiro atoms. The standard InChI is InChI=1S/C27H29NO5.Na/c29-26(30)10-2-1-5-17-32-25-8-4-3-7-22(25)19-28(23-15-16-23)27(31)21-13-11-20(12-14-21)24-9-6-18-33-24;/h3-4,6-9,11-14,18,23H,1-2,5,10,15-17,19H2,(H,29,30);/q;+1/p-1/i19D;. The number of rotatable bonds is 12.